The van der Waals surface area contributed by atoms with Crippen molar-refractivity contribution in [3.8, 4) is 0 Å². The molecule has 236 valence electrons. The molecule has 0 aliphatic heterocycles. The Bertz CT molecular complexity index is 1100. The van der Waals surface area contributed by atoms with Crippen molar-refractivity contribution in [2.24, 2.45) is 5.92 Å². The van der Waals surface area contributed by atoms with Gasteiger partial charge < -0.3 is 20.5 Å². The van der Waals surface area contributed by atoms with Gasteiger partial charge in [-0.05, 0) is 31.9 Å². The number of methoxy groups -OCH3 is 1. The highest BCUT2D eigenvalue weighted by atomic mass is 19.4. The highest BCUT2D eigenvalue weighted by Crippen LogP contribution is 2.39. The van der Waals surface area contributed by atoms with Crippen LogP contribution in [0.15, 0.2) is 48.5 Å². The quantitative estimate of drug-likeness (QED) is 0.253. The number of hydrogen-bond donors (Lipinski definition) is 3. The number of esters is 1. The number of alkyl halides is 6. The highest BCUT2D eigenvalue weighted by Gasteiger charge is 2.43. The smallest absolute Gasteiger partial charge is 0.417 e. The normalized spacial score (nSPS) is 11.2. The second kappa shape index (κ2) is 19.1. The number of nitrogens with one attached hydrogen (secondary N) is 2. The van der Waals surface area contributed by atoms with Gasteiger partial charge in [-0.15, -0.1) is 0 Å². The molecular weight excluding hydrogens is 574 g/mol. The second-order valence-corrected chi connectivity index (χ2v) is 8.46. The lowest BCUT2D eigenvalue weighted by Gasteiger charge is -2.19. The Kier molecular flexibility index (Phi) is 18.2. The van der Waals surface area contributed by atoms with E-state index in [0.717, 1.165) is 0 Å². The molecular formula is C28H36F6N2O6. The van der Waals surface area contributed by atoms with Gasteiger partial charge in [0.25, 0.3) is 0 Å². The molecule has 0 spiro atoms. The predicted molar refractivity (Wildman–Crippen MR) is 144 cm³/mol. The summed E-state index contributed by atoms with van der Waals surface area (Å²) in [7, 11) is 0.704. The van der Waals surface area contributed by atoms with Crippen LogP contribution in [0.1, 0.15) is 61.7 Å². The minimum absolute atomic E-state index is 0.0800. The molecule has 2 amide bonds. The molecule has 0 fully saturated rings. The first-order valence-electron chi connectivity index (χ1n) is 12.5. The molecule has 2 rings (SSSR count). The maximum absolute atomic E-state index is 12.5. The van der Waals surface area contributed by atoms with Crippen LogP contribution in [-0.4, -0.2) is 48.6 Å². The summed E-state index contributed by atoms with van der Waals surface area (Å²) in [6.07, 6.45) is -11.4. The number of Topliss-reactive ketones (excluding diaryl/α,β-unsaturated/α-hetero) is 1. The van der Waals surface area contributed by atoms with E-state index >= 15 is 0 Å². The molecule has 0 radical (unpaired) electrons. The number of amides is 2. The van der Waals surface area contributed by atoms with Crippen LogP contribution in [0, 0.1) is 12.8 Å². The molecule has 2 aromatic carbocycles. The van der Waals surface area contributed by atoms with Crippen LogP contribution in [0.5, 0.6) is 0 Å². The minimum Gasteiger partial charge on any atom is -0.465 e. The SMILES string of the molecule is CC.CC(=O)CNC(=O)C(NC(=O)O)C(C)C.COC(=O)c1c(C(F)(F)F)cccc1C(F)(F)F.Cc1ccccc1. The monoisotopic (exact) mass is 610 g/mol. The molecule has 2 aromatic rings. The number of aryl methyl sites for hydroxylation is 1. The Balaban J connectivity index is 0. The Labute approximate surface area is 240 Å². The average Bonchev–Trinajstić information content (AvgIpc) is 2.90. The number of benzene rings is 2. The van der Waals surface area contributed by atoms with Crippen molar-refractivity contribution >= 4 is 23.8 Å². The van der Waals surface area contributed by atoms with Crippen molar-refractivity contribution < 1.29 is 55.4 Å². The lowest BCUT2D eigenvalue weighted by atomic mass is 10.00. The zero-order chi connectivity index (χ0) is 33.3. The van der Waals surface area contributed by atoms with E-state index in [9.17, 15) is 45.5 Å². The van der Waals surface area contributed by atoms with Crippen molar-refractivity contribution in [3.05, 3.63) is 70.8 Å². The van der Waals surface area contributed by atoms with Gasteiger partial charge in [-0.1, -0.05) is 69.7 Å². The third-order valence-corrected chi connectivity index (χ3v) is 4.74. The molecule has 1 unspecified atom stereocenters. The molecule has 0 heterocycles. The predicted octanol–water partition coefficient (Wildman–Crippen LogP) is 6.52. The van der Waals surface area contributed by atoms with E-state index < -0.39 is 53.1 Å². The molecule has 0 aliphatic carbocycles. The fourth-order valence-corrected chi connectivity index (χ4v) is 2.87. The maximum atomic E-state index is 12.5. The van der Waals surface area contributed by atoms with E-state index in [2.05, 4.69) is 34.4 Å². The van der Waals surface area contributed by atoms with Crippen molar-refractivity contribution in [1.82, 2.24) is 10.6 Å². The fraction of sp³-hybridized carbons (Fsp3) is 0.429. The van der Waals surface area contributed by atoms with Crippen molar-refractivity contribution in [1.29, 1.82) is 0 Å². The zero-order valence-electron chi connectivity index (χ0n) is 24.2. The largest absolute Gasteiger partial charge is 0.465 e. The van der Waals surface area contributed by atoms with Gasteiger partial charge in [0.2, 0.25) is 5.91 Å². The van der Waals surface area contributed by atoms with Crippen molar-refractivity contribution in [2.45, 2.75) is 59.9 Å². The highest BCUT2D eigenvalue weighted by molar-refractivity contribution is 5.93. The molecule has 3 N–H and O–H groups in total. The lowest BCUT2D eigenvalue weighted by Crippen LogP contribution is -2.50. The molecule has 0 saturated heterocycles. The van der Waals surface area contributed by atoms with E-state index in [1.165, 1.54) is 12.5 Å². The summed E-state index contributed by atoms with van der Waals surface area (Å²) < 4.78 is 79.2. The number of carbonyl (C=O) groups excluding carboxylic acids is 3. The van der Waals surface area contributed by atoms with Gasteiger partial charge in [0.1, 0.15) is 11.8 Å². The number of rotatable bonds is 6. The average molecular weight is 611 g/mol. The van der Waals surface area contributed by atoms with Crippen LogP contribution in [0.4, 0.5) is 31.1 Å². The van der Waals surface area contributed by atoms with Gasteiger partial charge in [-0.3, -0.25) is 9.59 Å². The van der Waals surface area contributed by atoms with Gasteiger partial charge in [-0.2, -0.15) is 26.3 Å². The maximum Gasteiger partial charge on any atom is 0.417 e. The first-order valence-corrected chi connectivity index (χ1v) is 12.5. The summed E-state index contributed by atoms with van der Waals surface area (Å²) in [5, 5.41) is 13.0. The summed E-state index contributed by atoms with van der Waals surface area (Å²) >= 11 is 0. The lowest BCUT2D eigenvalue weighted by molar-refractivity contribution is -0.144. The standard InChI is InChI=1S/C10H6F6O2.C9H16N2O4.C7H8.C2H6/c1-18-8(17)7-5(9(11,12)13)3-2-4-6(7)10(14,15)16;1-5(2)7(11-9(14)15)8(13)10-4-6(3)12;1-7-5-3-2-4-6-7;1-2/h2-4H,1H3;5,7,11H,4H2,1-3H3,(H,10,13)(H,14,15);2-6H,1H3;1-2H3. The van der Waals surface area contributed by atoms with Crippen molar-refractivity contribution in [3.63, 3.8) is 0 Å². The van der Waals surface area contributed by atoms with Gasteiger partial charge in [0.15, 0.2) is 0 Å². The number of ether oxygens (including phenoxy) is 1. The van der Waals surface area contributed by atoms with Gasteiger partial charge in [0, 0.05) is 0 Å². The van der Waals surface area contributed by atoms with E-state index in [0.29, 0.717) is 25.3 Å². The number of hydrogen-bond acceptors (Lipinski definition) is 5. The number of carbonyl (C=O) groups is 4. The summed E-state index contributed by atoms with van der Waals surface area (Å²) in [6, 6.07) is 10.8. The van der Waals surface area contributed by atoms with Crippen LogP contribution < -0.4 is 10.6 Å². The van der Waals surface area contributed by atoms with E-state index in [1.54, 1.807) is 13.8 Å². The summed E-state index contributed by atoms with van der Waals surface area (Å²) in [6.45, 7) is 10.8. The minimum atomic E-state index is -5.08. The molecule has 8 nitrogen and oxygen atoms in total. The Morgan fingerprint density at radius 2 is 1.31 bits per heavy atom. The van der Waals surface area contributed by atoms with E-state index in [4.69, 9.17) is 5.11 Å². The van der Waals surface area contributed by atoms with E-state index in [-0.39, 0.29) is 18.2 Å². The van der Waals surface area contributed by atoms with Crippen LogP contribution in [-0.2, 0) is 26.7 Å². The first-order chi connectivity index (χ1) is 19.3. The second-order valence-electron chi connectivity index (χ2n) is 8.46. The fourth-order valence-electron chi connectivity index (χ4n) is 2.87. The Hall–Kier alpha value is -4.10. The summed E-state index contributed by atoms with van der Waals surface area (Å²) in [5.41, 5.74) is -3.56. The number of halogens is 6. The number of carboxylic acid groups (broad SMARTS) is 1. The molecule has 42 heavy (non-hydrogen) atoms. The summed E-state index contributed by atoms with van der Waals surface area (Å²) in [5.74, 6) is -2.52. The Morgan fingerprint density at radius 1 is 0.857 bits per heavy atom. The Morgan fingerprint density at radius 3 is 1.60 bits per heavy atom. The van der Waals surface area contributed by atoms with Gasteiger partial charge in [-0.25, -0.2) is 9.59 Å². The molecule has 14 heteroatoms. The third kappa shape index (κ3) is 15.6. The van der Waals surface area contributed by atoms with Crippen LogP contribution in [0.3, 0.4) is 0 Å². The van der Waals surface area contributed by atoms with E-state index in [1.807, 2.05) is 32.0 Å². The first kappa shape index (κ1) is 40.0. The molecule has 0 aromatic heterocycles. The van der Waals surface area contributed by atoms with Crippen LogP contribution in [0.2, 0.25) is 0 Å². The van der Waals surface area contributed by atoms with Crippen molar-refractivity contribution in [2.75, 3.05) is 13.7 Å². The summed E-state index contributed by atoms with van der Waals surface area (Å²) in [4.78, 5) is 43.6. The van der Waals surface area contributed by atoms with Gasteiger partial charge in [0.05, 0.1) is 30.3 Å². The van der Waals surface area contributed by atoms with Crippen LogP contribution in [0.25, 0.3) is 0 Å². The number of ketones is 1. The molecule has 1 atom stereocenters. The van der Waals surface area contributed by atoms with Gasteiger partial charge >= 0.3 is 24.4 Å². The zero-order valence-corrected chi connectivity index (χ0v) is 24.2. The molecule has 0 bridgehead atoms. The third-order valence-electron chi connectivity index (χ3n) is 4.74. The molecule has 0 aliphatic rings. The van der Waals surface area contributed by atoms with Crippen LogP contribution >= 0.6 is 0 Å². The molecule has 0 saturated carbocycles. The topological polar surface area (TPSA) is 122 Å².